The third-order valence-corrected chi connectivity index (χ3v) is 3.05. The highest BCUT2D eigenvalue weighted by atomic mass is 35.5. The molecule has 0 heterocycles. The summed E-state index contributed by atoms with van der Waals surface area (Å²) in [4.78, 5) is 33.9. The van der Waals surface area contributed by atoms with Gasteiger partial charge in [-0.3, -0.25) is 9.59 Å². The molecule has 1 aromatic rings. The van der Waals surface area contributed by atoms with Gasteiger partial charge >= 0.3 is 11.9 Å². The number of rotatable bonds is 6. The number of carbonyl (C=O) groups is 3. The van der Waals surface area contributed by atoms with Gasteiger partial charge < -0.3 is 15.2 Å². The second-order valence-corrected chi connectivity index (χ2v) is 4.46. The molecule has 1 amide bonds. The lowest BCUT2D eigenvalue weighted by molar-refractivity contribution is -0.142. The van der Waals surface area contributed by atoms with Crippen LogP contribution in [0.25, 0.3) is 0 Å². The third kappa shape index (κ3) is 4.71. The van der Waals surface area contributed by atoms with Crippen LogP contribution in [-0.4, -0.2) is 36.1 Å². The van der Waals surface area contributed by atoms with Crippen LogP contribution in [0.2, 0.25) is 5.02 Å². The number of amides is 1. The Bertz CT molecular complexity index is 563. The van der Waals surface area contributed by atoms with Gasteiger partial charge in [-0.25, -0.2) is 9.18 Å². The van der Waals surface area contributed by atoms with Crippen molar-refractivity contribution in [1.29, 1.82) is 0 Å². The quantitative estimate of drug-likeness (QED) is 0.778. The molecule has 8 heteroatoms. The van der Waals surface area contributed by atoms with Gasteiger partial charge in [-0.05, 0) is 18.6 Å². The van der Waals surface area contributed by atoms with Crippen LogP contribution in [0.4, 0.5) is 4.39 Å². The lowest BCUT2D eigenvalue weighted by atomic mass is 10.1. The first-order valence-corrected chi connectivity index (χ1v) is 6.29. The predicted octanol–water partition coefficient (Wildman–Crippen LogP) is 1.62. The molecular weight excluding hydrogens is 305 g/mol. The van der Waals surface area contributed by atoms with Gasteiger partial charge in [-0.1, -0.05) is 17.7 Å². The van der Waals surface area contributed by atoms with Crippen LogP contribution in [0.5, 0.6) is 0 Å². The number of halogens is 2. The van der Waals surface area contributed by atoms with E-state index in [1.807, 2.05) is 0 Å². The smallest absolute Gasteiger partial charge is 0.326 e. The zero-order chi connectivity index (χ0) is 16.0. The Hall–Kier alpha value is -2.15. The predicted molar refractivity (Wildman–Crippen MR) is 71.6 cm³/mol. The fraction of sp³-hybridized carbons (Fsp3) is 0.308. The van der Waals surface area contributed by atoms with Crippen molar-refractivity contribution in [2.45, 2.75) is 18.9 Å². The Morgan fingerprint density at radius 2 is 2.10 bits per heavy atom. The number of carboxylic acid groups (broad SMARTS) is 1. The maximum absolute atomic E-state index is 13.2. The van der Waals surface area contributed by atoms with Gasteiger partial charge in [0.25, 0.3) is 5.91 Å². The van der Waals surface area contributed by atoms with E-state index in [1.54, 1.807) is 0 Å². The molecule has 1 atom stereocenters. The fourth-order valence-corrected chi connectivity index (χ4v) is 1.75. The van der Waals surface area contributed by atoms with Crippen molar-refractivity contribution in [3.63, 3.8) is 0 Å². The topological polar surface area (TPSA) is 92.7 Å². The van der Waals surface area contributed by atoms with E-state index >= 15 is 0 Å². The van der Waals surface area contributed by atoms with Crippen LogP contribution < -0.4 is 5.32 Å². The molecular formula is C13H13ClFNO5. The van der Waals surface area contributed by atoms with E-state index in [4.69, 9.17) is 16.7 Å². The molecule has 0 aliphatic carbocycles. The number of benzene rings is 1. The Balaban J connectivity index is 2.79. The minimum absolute atomic E-state index is 0.152. The van der Waals surface area contributed by atoms with Crippen molar-refractivity contribution in [2.75, 3.05) is 7.11 Å². The van der Waals surface area contributed by atoms with Crippen LogP contribution in [0.15, 0.2) is 18.2 Å². The molecule has 0 aliphatic heterocycles. The number of carbonyl (C=O) groups excluding carboxylic acids is 2. The zero-order valence-electron chi connectivity index (χ0n) is 11.1. The summed E-state index contributed by atoms with van der Waals surface area (Å²) in [5, 5.41) is 10.8. The van der Waals surface area contributed by atoms with Gasteiger partial charge in [0.05, 0.1) is 17.7 Å². The highest BCUT2D eigenvalue weighted by Gasteiger charge is 2.23. The summed E-state index contributed by atoms with van der Waals surface area (Å²) in [6.07, 6.45) is -0.328. The van der Waals surface area contributed by atoms with E-state index in [-0.39, 0.29) is 18.4 Å². The summed E-state index contributed by atoms with van der Waals surface area (Å²) in [6.45, 7) is 0. The van der Waals surface area contributed by atoms with Crippen molar-refractivity contribution in [1.82, 2.24) is 5.32 Å². The Morgan fingerprint density at radius 3 is 2.67 bits per heavy atom. The first kappa shape index (κ1) is 16.9. The van der Waals surface area contributed by atoms with Crippen molar-refractivity contribution in [3.8, 4) is 0 Å². The van der Waals surface area contributed by atoms with Gasteiger partial charge in [0.1, 0.15) is 11.9 Å². The SMILES string of the molecule is COC(=O)CC[C@@H](NC(=O)c1cccc(F)c1Cl)C(=O)O. The van der Waals surface area contributed by atoms with Gasteiger partial charge in [-0.2, -0.15) is 0 Å². The van der Waals surface area contributed by atoms with E-state index in [1.165, 1.54) is 19.2 Å². The molecule has 0 aliphatic rings. The number of ether oxygens (including phenoxy) is 1. The lowest BCUT2D eigenvalue weighted by Gasteiger charge is -2.14. The summed E-state index contributed by atoms with van der Waals surface area (Å²) in [5.74, 6) is -3.54. The third-order valence-electron chi connectivity index (χ3n) is 2.66. The van der Waals surface area contributed by atoms with E-state index in [0.717, 1.165) is 6.07 Å². The second kappa shape index (κ2) is 7.58. The van der Waals surface area contributed by atoms with Crippen LogP contribution in [0.3, 0.4) is 0 Å². The van der Waals surface area contributed by atoms with Gasteiger partial charge in [0.2, 0.25) is 0 Å². The minimum Gasteiger partial charge on any atom is -0.480 e. The number of nitrogens with one attached hydrogen (secondary N) is 1. The molecule has 114 valence electrons. The van der Waals surface area contributed by atoms with Gasteiger partial charge in [-0.15, -0.1) is 0 Å². The number of hydrogen-bond donors (Lipinski definition) is 2. The summed E-state index contributed by atoms with van der Waals surface area (Å²) in [6, 6.07) is 2.31. The van der Waals surface area contributed by atoms with Crippen LogP contribution >= 0.6 is 11.6 Å². The fourth-order valence-electron chi connectivity index (χ4n) is 1.54. The molecule has 1 aromatic carbocycles. The maximum Gasteiger partial charge on any atom is 0.326 e. The molecule has 0 spiro atoms. The largest absolute Gasteiger partial charge is 0.480 e. The van der Waals surface area contributed by atoms with Crippen LogP contribution in [0.1, 0.15) is 23.2 Å². The maximum atomic E-state index is 13.2. The Labute approximate surface area is 124 Å². The summed E-state index contributed by atoms with van der Waals surface area (Å²) in [7, 11) is 1.17. The first-order chi connectivity index (χ1) is 9.86. The molecule has 0 fully saturated rings. The lowest BCUT2D eigenvalue weighted by Crippen LogP contribution is -2.41. The molecule has 0 bridgehead atoms. The van der Waals surface area contributed by atoms with Gasteiger partial charge in [0, 0.05) is 6.42 Å². The number of hydrogen-bond acceptors (Lipinski definition) is 4. The zero-order valence-corrected chi connectivity index (χ0v) is 11.8. The van der Waals surface area contributed by atoms with E-state index < -0.39 is 34.7 Å². The summed E-state index contributed by atoms with van der Waals surface area (Å²) < 4.78 is 17.6. The molecule has 6 nitrogen and oxygen atoms in total. The number of methoxy groups -OCH3 is 1. The Morgan fingerprint density at radius 1 is 1.43 bits per heavy atom. The standard InChI is InChI=1S/C13H13ClFNO5/c1-21-10(17)6-5-9(13(19)20)16-12(18)7-3-2-4-8(15)11(7)14/h2-4,9H,5-6H2,1H3,(H,16,18)(H,19,20)/t9-/m1/s1. The highest BCUT2D eigenvalue weighted by molar-refractivity contribution is 6.34. The summed E-state index contributed by atoms with van der Waals surface area (Å²) >= 11 is 5.64. The highest BCUT2D eigenvalue weighted by Crippen LogP contribution is 2.19. The van der Waals surface area contributed by atoms with Crippen molar-refractivity contribution < 1.29 is 28.6 Å². The van der Waals surface area contributed by atoms with Crippen LogP contribution in [0, 0.1) is 5.82 Å². The van der Waals surface area contributed by atoms with Crippen molar-refractivity contribution in [3.05, 3.63) is 34.6 Å². The molecule has 0 radical (unpaired) electrons. The van der Waals surface area contributed by atoms with Crippen molar-refractivity contribution in [2.24, 2.45) is 0 Å². The Kier molecular flexibility index (Phi) is 6.10. The van der Waals surface area contributed by atoms with Crippen LogP contribution in [-0.2, 0) is 14.3 Å². The molecule has 2 N–H and O–H groups in total. The minimum atomic E-state index is -1.32. The first-order valence-electron chi connectivity index (χ1n) is 5.91. The average Bonchev–Trinajstić information content (AvgIpc) is 2.45. The second-order valence-electron chi connectivity index (χ2n) is 4.08. The number of carboxylic acids is 1. The van der Waals surface area contributed by atoms with E-state index in [2.05, 4.69) is 10.1 Å². The molecule has 0 aromatic heterocycles. The van der Waals surface area contributed by atoms with Crippen molar-refractivity contribution >= 4 is 29.4 Å². The summed E-state index contributed by atoms with van der Waals surface area (Å²) in [5.41, 5.74) is -0.180. The number of esters is 1. The average molecular weight is 318 g/mol. The van der Waals surface area contributed by atoms with E-state index in [0.29, 0.717) is 0 Å². The molecule has 0 saturated heterocycles. The molecule has 1 rings (SSSR count). The monoisotopic (exact) mass is 317 g/mol. The van der Waals surface area contributed by atoms with E-state index in [9.17, 15) is 18.8 Å². The molecule has 21 heavy (non-hydrogen) atoms. The normalized spacial score (nSPS) is 11.6. The molecule has 0 unspecified atom stereocenters. The molecule has 0 saturated carbocycles. The number of aliphatic carboxylic acids is 1. The van der Waals surface area contributed by atoms with Gasteiger partial charge in [0.15, 0.2) is 0 Å².